The summed E-state index contributed by atoms with van der Waals surface area (Å²) in [6, 6.07) is 6.78. The molecule has 19 heavy (non-hydrogen) atoms. The van der Waals surface area contributed by atoms with E-state index < -0.39 is 0 Å². The predicted octanol–water partition coefficient (Wildman–Crippen LogP) is 4.59. The standard InChI is InChI=1S/C17H28N2/c1-12-6-13(18)8-14(7-12)19-15-9-16(2,3)11-17(4,5)10-15/h6-8,15,19H,9-11,18H2,1-5H3. The van der Waals surface area contributed by atoms with Crippen LogP contribution in [-0.4, -0.2) is 6.04 Å². The van der Waals surface area contributed by atoms with E-state index in [-0.39, 0.29) is 0 Å². The minimum atomic E-state index is 0.411. The molecule has 0 saturated heterocycles. The van der Waals surface area contributed by atoms with Crippen LogP contribution in [0.2, 0.25) is 0 Å². The third-order valence-electron chi connectivity index (χ3n) is 4.03. The van der Waals surface area contributed by atoms with Crippen molar-refractivity contribution in [2.45, 2.75) is 59.9 Å². The van der Waals surface area contributed by atoms with Gasteiger partial charge in [-0.3, -0.25) is 0 Å². The average molecular weight is 260 g/mol. The van der Waals surface area contributed by atoms with Gasteiger partial charge in [-0.05, 0) is 60.8 Å². The average Bonchev–Trinajstić information content (AvgIpc) is 2.08. The molecule has 1 saturated carbocycles. The number of aryl methyl sites for hydroxylation is 1. The summed E-state index contributed by atoms with van der Waals surface area (Å²) in [6.07, 6.45) is 3.75. The van der Waals surface area contributed by atoms with Crippen molar-refractivity contribution in [3.63, 3.8) is 0 Å². The molecule has 0 heterocycles. The van der Waals surface area contributed by atoms with Crippen molar-refractivity contribution in [2.24, 2.45) is 10.8 Å². The van der Waals surface area contributed by atoms with E-state index in [1.54, 1.807) is 0 Å². The molecule has 1 aliphatic rings. The normalized spacial score (nSPS) is 22.2. The monoisotopic (exact) mass is 260 g/mol. The van der Waals surface area contributed by atoms with E-state index in [4.69, 9.17) is 5.73 Å². The van der Waals surface area contributed by atoms with Gasteiger partial charge in [-0.2, -0.15) is 0 Å². The first-order chi connectivity index (χ1) is 8.65. The fourth-order valence-electron chi connectivity index (χ4n) is 4.08. The Hall–Kier alpha value is -1.18. The molecular formula is C17H28N2. The maximum atomic E-state index is 5.93. The largest absolute Gasteiger partial charge is 0.399 e. The molecule has 0 aromatic heterocycles. The van der Waals surface area contributed by atoms with Gasteiger partial charge < -0.3 is 11.1 Å². The van der Waals surface area contributed by atoms with Gasteiger partial charge in [-0.1, -0.05) is 27.7 Å². The second-order valence-corrected chi connectivity index (χ2v) is 7.89. The van der Waals surface area contributed by atoms with Gasteiger partial charge in [0, 0.05) is 17.4 Å². The SMILES string of the molecule is Cc1cc(N)cc(NC2CC(C)(C)CC(C)(C)C2)c1. The number of nitrogens with two attached hydrogens (primary N) is 1. The van der Waals surface area contributed by atoms with Crippen molar-refractivity contribution in [3.05, 3.63) is 23.8 Å². The summed E-state index contributed by atoms with van der Waals surface area (Å²) in [5, 5.41) is 3.69. The molecule has 2 heteroatoms. The number of benzene rings is 1. The second-order valence-electron chi connectivity index (χ2n) is 7.89. The first-order valence-corrected chi connectivity index (χ1v) is 7.29. The number of anilines is 2. The Bertz CT molecular complexity index is 424. The van der Waals surface area contributed by atoms with Crippen molar-refractivity contribution < 1.29 is 0 Å². The highest BCUT2D eigenvalue weighted by Gasteiger charge is 2.38. The van der Waals surface area contributed by atoms with Gasteiger partial charge in [0.2, 0.25) is 0 Å². The second kappa shape index (κ2) is 4.73. The third-order valence-corrected chi connectivity index (χ3v) is 4.03. The number of hydrogen-bond donors (Lipinski definition) is 2. The van der Waals surface area contributed by atoms with Gasteiger partial charge in [0.15, 0.2) is 0 Å². The molecule has 3 N–H and O–H groups in total. The van der Waals surface area contributed by atoms with Crippen LogP contribution in [0.5, 0.6) is 0 Å². The van der Waals surface area contributed by atoms with Crippen LogP contribution in [0.25, 0.3) is 0 Å². The minimum Gasteiger partial charge on any atom is -0.399 e. The molecule has 1 aliphatic carbocycles. The van der Waals surface area contributed by atoms with Crippen molar-refractivity contribution in [1.29, 1.82) is 0 Å². The van der Waals surface area contributed by atoms with Gasteiger partial charge in [0.25, 0.3) is 0 Å². The Kier molecular flexibility index (Phi) is 3.55. The van der Waals surface area contributed by atoms with Crippen LogP contribution in [-0.2, 0) is 0 Å². The summed E-state index contributed by atoms with van der Waals surface area (Å²) < 4.78 is 0. The van der Waals surface area contributed by atoms with Gasteiger partial charge in [0.05, 0.1) is 0 Å². The number of nitrogen functional groups attached to an aromatic ring is 1. The lowest BCUT2D eigenvalue weighted by molar-refractivity contribution is 0.105. The third kappa shape index (κ3) is 3.89. The first kappa shape index (κ1) is 14.2. The Labute approximate surface area is 117 Å². The lowest BCUT2D eigenvalue weighted by Crippen LogP contribution is -2.40. The van der Waals surface area contributed by atoms with Crippen LogP contribution in [0, 0.1) is 17.8 Å². The Morgan fingerprint density at radius 3 is 2.16 bits per heavy atom. The fraction of sp³-hybridized carbons (Fsp3) is 0.647. The first-order valence-electron chi connectivity index (χ1n) is 7.29. The van der Waals surface area contributed by atoms with E-state index in [1.807, 2.05) is 12.1 Å². The predicted molar refractivity (Wildman–Crippen MR) is 84.4 cm³/mol. The molecule has 0 spiro atoms. The van der Waals surface area contributed by atoms with Crippen LogP contribution in [0.1, 0.15) is 52.5 Å². The molecule has 1 aromatic rings. The zero-order valence-electron chi connectivity index (χ0n) is 13.0. The highest BCUT2D eigenvalue weighted by atomic mass is 14.9. The van der Waals surface area contributed by atoms with Gasteiger partial charge in [-0.15, -0.1) is 0 Å². The highest BCUT2D eigenvalue weighted by molar-refractivity contribution is 5.57. The summed E-state index contributed by atoms with van der Waals surface area (Å²) in [6.45, 7) is 11.6. The van der Waals surface area contributed by atoms with E-state index >= 15 is 0 Å². The van der Waals surface area contributed by atoms with Crippen LogP contribution < -0.4 is 11.1 Å². The molecule has 0 atom stereocenters. The molecule has 1 aromatic carbocycles. The summed E-state index contributed by atoms with van der Waals surface area (Å²) in [4.78, 5) is 0. The van der Waals surface area contributed by atoms with Gasteiger partial charge in [-0.25, -0.2) is 0 Å². The molecule has 1 fully saturated rings. The molecule has 106 valence electrons. The van der Waals surface area contributed by atoms with E-state index in [2.05, 4.69) is 46.0 Å². The Balaban J connectivity index is 2.14. The number of rotatable bonds is 2. The zero-order valence-corrected chi connectivity index (χ0v) is 13.0. The topological polar surface area (TPSA) is 38.0 Å². The van der Waals surface area contributed by atoms with Crippen LogP contribution in [0.4, 0.5) is 11.4 Å². The molecular weight excluding hydrogens is 232 g/mol. The van der Waals surface area contributed by atoms with E-state index in [0.29, 0.717) is 16.9 Å². The van der Waals surface area contributed by atoms with E-state index in [9.17, 15) is 0 Å². The summed E-state index contributed by atoms with van der Waals surface area (Å²) in [7, 11) is 0. The van der Waals surface area contributed by atoms with E-state index in [1.165, 1.54) is 24.8 Å². The Morgan fingerprint density at radius 2 is 1.63 bits per heavy atom. The Morgan fingerprint density at radius 1 is 1.05 bits per heavy atom. The molecule has 0 radical (unpaired) electrons. The van der Waals surface area contributed by atoms with Crippen molar-refractivity contribution >= 4 is 11.4 Å². The van der Waals surface area contributed by atoms with Crippen LogP contribution in [0.3, 0.4) is 0 Å². The maximum absolute atomic E-state index is 5.93. The van der Waals surface area contributed by atoms with Gasteiger partial charge in [0.1, 0.15) is 0 Å². The molecule has 2 nitrogen and oxygen atoms in total. The molecule has 0 unspecified atom stereocenters. The zero-order chi connectivity index (χ0) is 14.3. The lowest BCUT2D eigenvalue weighted by atomic mass is 9.63. The fourth-order valence-corrected chi connectivity index (χ4v) is 4.08. The molecule has 0 amide bonds. The number of hydrogen-bond acceptors (Lipinski definition) is 2. The molecule has 2 rings (SSSR count). The number of nitrogens with one attached hydrogen (secondary N) is 1. The smallest absolute Gasteiger partial charge is 0.0365 e. The van der Waals surface area contributed by atoms with Crippen LogP contribution in [0.15, 0.2) is 18.2 Å². The molecule has 0 aliphatic heterocycles. The lowest BCUT2D eigenvalue weighted by Gasteiger charge is -2.45. The summed E-state index contributed by atoms with van der Waals surface area (Å²) in [5.74, 6) is 0. The van der Waals surface area contributed by atoms with Gasteiger partial charge >= 0.3 is 0 Å². The van der Waals surface area contributed by atoms with Crippen molar-refractivity contribution in [2.75, 3.05) is 11.1 Å². The van der Waals surface area contributed by atoms with Crippen molar-refractivity contribution in [3.8, 4) is 0 Å². The maximum Gasteiger partial charge on any atom is 0.0365 e. The van der Waals surface area contributed by atoms with Crippen LogP contribution >= 0.6 is 0 Å². The summed E-state index contributed by atoms with van der Waals surface area (Å²) in [5.41, 5.74) is 9.98. The van der Waals surface area contributed by atoms with E-state index in [0.717, 1.165) is 11.4 Å². The minimum absolute atomic E-state index is 0.411. The summed E-state index contributed by atoms with van der Waals surface area (Å²) >= 11 is 0. The quantitative estimate of drug-likeness (QED) is 0.763. The van der Waals surface area contributed by atoms with Crippen molar-refractivity contribution in [1.82, 2.24) is 0 Å². The highest BCUT2D eigenvalue weighted by Crippen LogP contribution is 2.46. The molecule has 0 bridgehead atoms.